The maximum absolute atomic E-state index is 11.7. The lowest BCUT2D eigenvalue weighted by atomic mass is 9.78. The van der Waals surface area contributed by atoms with Gasteiger partial charge in [-0.2, -0.15) is 0 Å². The molecule has 0 fully saturated rings. The van der Waals surface area contributed by atoms with Crippen LogP contribution < -0.4 is 5.73 Å². The van der Waals surface area contributed by atoms with Crippen LogP contribution in [0.2, 0.25) is 0 Å². The van der Waals surface area contributed by atoms with Crippen LogP contribution in [0.5, 0.6) is 0 Å². The van der Waals surface area contributed by atoms with Crippen molar-refractivity contribution in [1.29, 1.82) is 0 Å². The van der Waals surface area contributed by atoms with Gasteiger partial charge in [0.1, 0.15) is 0 Å². The number of hydrogen-bond donors (Lipinski definition) is 1. The van der Waals surface area contributed by atoms with Gasteiger partial charge in [0, 0.05) is 0 Å². The number of hydrogen-bond acceptors (Lipinski definition) is 1. The lowest BCUT2D eigenvalue weighted by Gasteiger charge is -2.26. The Morgan fingerprint density at radius 3 is 1.88 bits per heavy atom. The summed E-state index contributed by atoms with van der Waals surface area (Å²) in [7, 11) is 0. The third kappa shape index (κ3) is 1.53. The van der Waals surface area contributed by atoms with Gasteiger partial charge in [0.2, 0.25) is 5.91 Å². The van der Waals surface area contributed by atoms with Gasteiger partial charge in [-0.15, -0.1) is 0 Å². The minimum Gasteiger partial charge on any atom is -0.369 e. The van der Waals surface area contributed by atoms with Crippen molar-refractivity contribution < 1.29 is 4.79 Å². The molecule has 2 aromatic carbocycles. The monoisotopic (exact) mass is 223 g/mol. The summed E-state index contributed by atoms with van der Waals surface area (Å²) < 4.78 is 0. The average Bonchev–Trinajstić information content (AvgIpc) is 2.35. The summed E-state index contributed by atoms with van der Waals surface area (Å²) in [5, 5.41) is 0. The van der Waals surface area contributed by atoms with Crippen LogP contribution >= 0.6 is 0 Å². The van der Waals surface area contributed by atoms with Gasteiger partial charge in [-0.05, 0) is 28.7 Å². The van der Waals surface area contributed by atoms with Crippen LogP contribution in [0.15, 0.2) is 48.5 Å². The molecular formula is C15H13NO. The van der Waals surface area contributed by atoms with Crippen LogP contribution in [0, 0.1) is 0 Å². The first-order chi connectivity index (χ1) is 8.27. The Labute approximate surface area is 100 Å². The first-order valence-electron chi connectivity index (χ1n) is 5.72. The van der Waals surface area contributed by atoms with E-state index < -0.39 is 0 Å². The lowest BCUT2D eigenvalue weighted by molar-refractivity contribution is -0.118. The fourth-order valence-corrected chi connectivity index (χ4v) is 2.63. The van der Waals surface area contributed by atoms with Crippen LogP contribution in [-0.2, 0) is 11.2 Å². The predicted molar refractivity (Wildman–Crippen MR) is 66.7 cm³/mol. The first kappa shape index (κ1) is 10.1. The van der Waals surface area contributed by atoms with Crippen molar-refractivity contribution in [1.82, 2.24) is 0 Å². The molecule has 0 radical (unpaired) electrons. The lowest BCUT2D eigenvalue weighted by Crippen LogP contribution is -2.26. The fraction of sp³-hybridized carbons (Fsp3) is 0.133. The summed E-state index contributed by atoms with van der Waals surface area (Å²) in [6.45, 7) is 0. The van der Waals surface area contributed by atoms with E-state index in [4.69, 9.17) is 5.73 Å². The smallest absolute Gasteiger partial charge is 0.229 e. The van der Waals surface area contributed by atoms with E-state index >= 15 is 0 Å². The summed E-state index contributed by atoms with van der Waals surface area (Å²) in [6, 6.07) is 16.1. The third-order valence-corrected chi connectivity index (χ3v) is 3.40. The SMILES string of the molecule is NC(=O)C1c2ccccc2Cc2ccccc21. The molecule has 3 rings (SSSR count). The van der Waals surface area contributed by atoms with Crippen molar-refractivity contribution in [2.45, 2.75) is 12.3 Å². The zero-order valence-electron chi connectivity index (χ0n) is 9.39. The van der Waals surface area contributed by atoms with Crippen molar-refractivity contribution >= 4 is 5.91 Å². The van der Waals surface area contributed by atoms with E-state index in [2.05, 4.69) is 12.1 Å². The number of nitrogens with two attached hydrogens (primary N) is 1. The van der Waals surface area contributed by atoms with Gasteiger partial charge in [0.25, 0.3) is 0 Å². The van der Waals surface area contributed by atoms with E-state index in [0.717, 1.165) is 17.5 Å². The van der Waals surface area contributed by atoms with E-state index in [1.165, 1.54) is 11.1 Å². The second-order valence-corrected chi connectivity index (χ2v) is 4.41. The quantitative estimate of drug-likeness (QED) is 0.791. The highest BCUT2D eigenvalue weighted by atomic mass is 16.1. The summed E-state index contributed by atoms with van der Waals surface area (Å²) in [4.78, 5) is 11.7. The van der Waals surface area contributed by atoms with Crippen LogP contribution in [0.25, 0.3) is 0 Å². The number of carbonyl (C=O) groups is 1. The Kier molecular flexibility index (Phi) is 2.22. The molecule has 1 aliphatic carbocycles. The molecule has 2 nitrogen and oxygen atoms in total. The van der Waals surface area contributed by atoms with Gasteiger partial charge in [-0.3, -0.25) is 4.79 Å². The number of fused-ring (bicyclic) bond motifs is 2. The molecule has 2 heteroatoms. The van der Waals surface area contributed by atoms with Crippen molar-refractivity contribution in [3.05, 3.63) is 70.8 Å². The zero-order valence-corrected chi connectivity index (χ0v) is 9.39. The van der Waals surface area contributed by atoms with E-state index in [-0.39, 0.29) is 11.8 Å². The molecule has 17 heavy (non-hydrogen) atoms. The number of primary amides is 1. The fourth-order valence-electron chi connectivity index (χ4n) is 2.63. The number of carbonyl (C=O) groups excluding carboxylic acids is 1. The van der Waals surface area contributed by atoms with Crippen LogP contribution in [0.1, 0.15) is 28.2 Å². The maximum Gasteiger partial charge on any atom is 0.229 e. The molecule has 2 aromatic rings. The van der Waals surface area contributed by atoms with Crippen LogP contribution in [0.4, 0.5) is 0 Å². The first-order valence-corrected chi connectivity index (χ1v) is 5.72. The Bertz CT molecular complexity index is 543. The zero-order chi connectivity index (χ0) is 11.8. The van der Waals surface area contributed by atoms with Gasteiger partial charge in [0.05, 0.1) is 5.92 Å². The minimum absolute atomic E-state index is 0.274. The van der Waals surface area contributed by atoms with Gasteiger partial charge >= 0.3 is 0 Å². The summed E-state index contributed by atoms with van der Waals surface area (Å²) in [5.74, 6) is -0.569. The standard InChI is InChI=1S/C15H13NO/c16-15(17)14-12-7-3-1-5-10(12)9-11-6-2-4-8-13(11)14/h1-8,14H,9H2,(H2,16,17). The maximum atomic E-state index is 11.7. The Morgan fingerprint density at radius 2 is 1.41 bits per heavy atom. The average molecular weight is 223 g/mol. The molecule has 0 heterocycles. The van der Waals surface area contributed by atoms with Gasteiger partial charge < -0.3 is 5.73 Å². The second kappa shape index (κ2) is 3.74. The highest BCUT2D eigenvalue weighted by molar-refractivity contribution is 5.87. The van der Waals surface area contributed by atoms with Crippen LogP contribution in [0.3, 0.4) is 0 Å². The summed E-state index contributed by atoms with van der Waals surface area (Å²) in [5.41, 5.74) is 10.1. The largest absolute Gasteiger partial charge is 0.369 e. The second-order valence-electron chi connectivity index (χ2n) is 4.41. The molecule has 0 saturated heterocycles. The van der Waals surface area contributed by atoms with Crippen molar-refractivity contribution in [2.24, 2.45) is 5.73 Å². The minimum atomic E-state index is -0.295. The molecule has 0 atom stereocenters. The number of benzene rings is 2. The molecule has 0 unspecified atom stereocenters. The number of rotatable bonds is 1. The van der Waals surface area contributed by atoms with Crippen molar-refractivity contribution in [3.8, 4) is 0 Å². The highest BCUT2D eigenvalue weighted by Gasteiger charge is 2.28. The Hall–Kier alpha value is -2.09. The van der Waals surface area contributed by atoms with E-state index in [1.54, 1.807) is 0 Å². The van der Waals surface area contributed by atoms with E-state index in [0.29, 0.717) is 0 Å². The van der Waals surface area contributed by atoms with Crippen molar-refractivity contribution in [2.75, 3.05) is 0 Å². The van der Waals surface area contributed by atoms with Gasteiger partial charge in [0.15, 0.2) is 0 Å². The summed E-state index contributed by atoms with van der Waals surface area (Å²) >= 11 is 0. The Balaban J connectivity index is 2.24. The van der Waals surface area contributed by atoms with Crippen LogP contribution in [-0.4, -0.2) is 5.91 Å². The molecular weight excluding hydrogens is 210 g/mol. The Morgan fingerprint density at radius 1 is 0.941 bits per heavy atom. The molecule has 1 aliphatic rings. The number of amides is 1. The van der Waals surface area contributed by atoms with Gasteiger partial charge in [-0.1, -0.05) is 48.5 Å². The highest BCUT2D eigenvalue weighted by Crippen LogP contribution is 2.35. The molecule has 0 aliphatic heterocycles. The molecule has 0 spiro atoms. The predicted octanol–water partition coefficient (Wildman–Crippen LogP) is 2.21. The third-order valence-electron chi connectivity index (χ3n) is 3.40. The van der Waals surface area contributed by atoms with E-state index in [1.807, 2.05) is 36.4 Å². The molecule has 1 amide bonds. The molecule has 84 valence electrons. The normalized spacial score (nSPS) is 13.9. The molecule has 0 saturated carbocycles. The molecule has 0 aromatic heterocycles. The topological polar surface area (TPSA) is 43.1 Å². The molecule has 0 bridgehead atoms. The van der Waals surface area contributed by atoms with Crippen molar-refractivity contribution in [3.63, 3.8) is 0 Å². The van der Waals surface area contributed by atoms with E-state index in [9.17, 15) is 4.79 Å². The molecule has 2 N–H and O–H groups in total. The summed E-state index contributed by atoms with van der Waals surface area (Å²) in [6.07, 6.45) is 0.885. The van der Waals surface area contributed by atoms with Gasteiger partial charge in [-0.25, -0.2) is 0 Å².